The predicted octanol–water partition coefficient (Wildman–Crippen LogP) is 18.6. The van der Waals surface area contributed by atoms with Gasteiger partial charge < -0.3 is 14.2 Å². The standard InChI is InChI=1S/C60H104O6/c1-4-7-10-13-16-19-22-25-28-31-34-37-40-43-46-49-52-58(61)64-55-57(66-60(63)54-51-48-45-42-39-36-33-30-27-24-21-18-15-12-9-6-3)56-65-59(62)53-50-47-44-41-38-35-32-29-26-23-20-17-14-11-8-5-2/h28-39,57H,4-27,40-56H2,1-3H3/b31-28-,32-29-,33-30-,37-34-,38-35-,39-36-. The summed E-state index contributed by atoms with van der Waals surface area (Å²) in [6.07, 6.45) is 68.9. The van der Waals surface area contributed by atoms with Crippen LogP contribution in [0.15, 0.2) is 72.9 Å². The Labute approximate surface area is 408 Å². The van der Waals surface area contributed by atoms with Gasteiger partial charge in [-0.05, 0) is 96.3 Å². The molecule has 0 aliphatic rings. The Morgan fingerprint density at radius 3 is 0.803 bits per heavy atom. The minimum atomic E-state index is -0.811. The average molecular weight is 921 g/mol. The van der Waals surface area contributed by atoms with Crippen LogP contribution in [0.25, 0.3) is 0 Å². The molecule has 0 aromatic rings. The molecule has 0 bridgehead atoms. The molecule has 0 rings (SSSR count). The number of allylic oxidation sites excluding steroid dienone is 12. The monoisotopic (exact) mass is 921 g/mol. The van der Waals surface area contributed by atoms with Gasteiger partial charge in [-0.1, -0.05) is 229 Å². The fourth-order valence-corrected chi connectivity index (χ4v) is 7.71. The molecule has 0 aliphatic heterocycles. The first kappa shape index (κ1) is 62.8. The van der Waals surface area contributed by atoms with Crippen LogP contribution in [0.1, 0.15) is 271 Å². The molecule has 6 nitrogen and oxygen atoms in total. The summed E-state index contributed by atoms with van der Waals surface area (Å²) in [6, 6.07) is 0. The van der Waals surface area contributed by atoms with E-state index in [0.29, 0.717) is 12.8 Å². The van der Waals surface area contributed by atoms with Gasteiger partial charge in [0.05, 0.1) is 0 Å². The summed E-state index contributed by atoms with van der Waals surface area (Å²) in [5.41, 5.74) is 0. The molecule has 0 saturated heterocycles. The minimum Gasteiger partial charge on any atom is -0.462 e. The number of carbonyl (C=O) groups excluding carboxylic acids is 3. The van der Waals surface area contributed by atoms with Crippen molar-refractivity contribution < 1.29 is 28.6 Å². The van der Waals surface area contributed by atoms with E-state index in [0.717, 1.165) is 96.3 Å². The van der Waals surface area contributed by atoms with E-state index in [1.54, 1.807) is 0 Å². The predicted molar refractivity (Wildman–Crippen MR) is 284 cm³/mol. The molecule has 0 saturated carbocycles. The molecule has 0 unspecified atom stereocenters. The molecule has 0 aromatic heterocycles. The van der Waals surface area contributed by atoms with Gasteiger partial charge in [0.15, 0.2) is 6.10 Å². The van der Waals surface area contributed by atoms with Gasteiger partial charge >= 0.3 is 17.9 Å². The van der Waals surface area contributed by atoms with Crippen molar-refractivity contribution in [3.8, 4) is 0 Å². The van der Waals surface area contributed by atoms with E-state index in [2.05, 4.69) is 93.7 Å². The zero-order valence-corrected chi connectivity index (χ0v) is 43.4. The molecule has 0 fully saturated rings. The highest BCUT2D eigenvalue weighted by Gasteiger charge is 2.19. The number of esters is 3. The van der Waals surface area contributed by atoms with Crippen LogP contribution in [-0.4, -0.2) is 37.2 Å². The molecule has 66 heavy (non-hydrogen) atoms. The SMILES string of the molecule is CCCCCCCCC/C=C\C=C/CCCCCC(=O)OCC(COC(=O)CCCCC/C=C\C=C/CCCCCCCCC)OC(=O)CCCCC/C=C\C=C/CCCCCCCCC. The molecule has 0 atom stereocenters. The third-order valence-electron chi connectivity index (χ3n) is 12.0. The van der Waals surface area contributed by atoms with E-state index in [-0.39, 0.29) is 37.5 Å². The second-order valence-corrected chi connectivity index (χ2v) is 18.6. The van der Waals surface area contributed by atoms with Crippen LogP contribution >= 0.6 is 0 Å². The molecule has 0 aliphatic carbocycles. The second kappa shape index (κ2) is 54.5. The van der Waals surface area contributed by atoms with Crippen LogP contribution in [0.2, 0.25) is 0 Å². The van der Waals surface area contributed by atoms with Crippen molar-refractivity contribution in [2.45, 2.75) is 277 Å². The largest absolute Gasteiger partial charge is 0.462 e. The summed E-state index contributed by atoms with van der Waals surface area (Å²) < 4.78 is 16.8. The number of hydrogen-bond donors (Lipinski definition) is 0. The number of carbonyl (C=O) groups is 3. The lowest BCUT2D eigenvalue weighted by atomic mass is 10.1. The Balaban J connectivity index is 4.51. The molecule has 0 N–H and O–H groups in total. The molecule has 0 spiro atoms. The van der Waals surface area contributed by atoms with Gasteiger partial charge in [-0.2, -0.15) is 0 Å². The first-order chi connectivity index (χ1) is 32.5. The minimum absolute atomic E-state index is 0.108. The van der Waals surface area contributed by atoms with Crippen LogP contribution in [-0.2, 0) is 28.6 Å². The van der Waals surface area contributed by atoms with E-state index < -0.39 is 6.10 Å². The van der Waals surface area contributed by atoms with Crippen molar-refractivity contribution in [2.24, 2.45) is 0 Å². The molecular weight excluding hydrogens is 817 g/mol. The Morgan fingerprint density at radius 2 is 0.530 bits per heavy atom. The molecule has 380 valence electrons. The fourth-order valence-electron chi connectivity index (χ4n) is 7.71. The summed E-state index contributed by atoms with van der Waals surface area (Å²) in [4.78, 5) is 38.1. The first-order valence-corrected chi connectivity index (χ1v) is 28.0. The van der Waals surface area contributed by atoms with Crippen molar-refractivity contribution in [1.29, 1.82) is 0 Å². The smallest absolute Gasteiger partial charge is 0.306 e. The highest BCUT2D eigenvalue weighted by Crippen LogP contribution is 2.13. The van der Waals surface area contributed by atoms with Crippen LogP contribution in [0.4, 0.5) is 0 Å². The summed E-state index contributed by atoms with van der Waals surface area (Å²) in [7, 11) is 0. The summed E-state index contributed by atoms with van der Waals surface area (Å²) >= 11 is 0. The maximum Gasteiger partial charge on any atom is 0.306 e. The number of rotatable bonds is 50. The number of hydrogen-bond acceptors (Lipinski definition) is 6. The van der Waals surface area contributed by atoms with E-state index in [4.69, 9.17) is 14.2 Å². The lowest BCUT2D eigenvalue weighted by Crippen LogP contribution is -2.30. The third kappa shape index (κ3) is 51.8. The zero-order chi connectivity index (χ0) is 47.9. The lowest BCUT2D eigenvalue weighted by molar-refractivity contribution is -0.167. The quantitative estimate of drug-likeness (QED) is 0.0262. The Kier molecular flexibility index (Phi) is 51.9. The summed E-state index contributed by atoms with van der Waals surface area (Å²) in [5, 5.41) is 0. The van der Waals surface area contributed by atoms with Crippen LogP contribution < -0.4 is 0 Å². The highest BCUT2D eigenvalue weighted by molar-refractivity contribution is 5.71. The van der Waals surface area contributed by atoms with Crippen molar-refractivity contribution in [3.05, 3.63) is 72.9 Å². The maximum atomic E-state index is 12.8. The maximum absolute atomic E-state index is 12.8. The van der Waals surface area contributed by atoms with Gasteiger partial charge in [0.2, 0.25) is 0 Å². The van der Waals surface area contributed by atoms with Gasteiger partial charge in [0.25, 0.3) is 0 Å². The highest BCUT2D eigenvalue weighted by atomic mass is 16.6. The topological polar surface area (TPSA) is 78.9 Å². The number of unbranched alkanes of at least 4 members (excludes halogenated alkanes) is 30. The van der Waals surface area contributed by atoms with Gasteiger partial charge in [0.1, 0.15) is 13.2 Å². The van der Waals surface area contributed by atoms with Crippen LogP contribution in [0.5, 0.6) is 0 Å². The lowest BCUT2D eigenvalue weighted by Gasteiger charge is -2.18. The van der Waals surface area contributed by atoms with Gasteiger partial charge in [-0.25, -0.2) is 0 Å². The molecule has 0 amide bonds. The summed E-state index contributed by atoms with van der Waals surface area (Å²) in [6.45, 7) is 6.56. The molecular formula is C60H104O6. The molecule has 0 heterocycles. The first-order valence-electron chi connectivity index (χ1n) is 28.0. The normalized spacial score (nSPS) is 12.2. The van der Waals surface area contributed by atoms with Crippen molar-refractivity contribution in [2.75, 3.05) is 13.2 Å². The second-order valence-electron chi connectivity index (χ2n) is 18.6. The van der Waals surface area contributed by atoms with Crippen molar-refractivity contribution in [3.63, 3.8) is 0 Å². The molecule has 6 heteroatoms. The molecule has 0 aromatic carbocycles. The Hall–Kier alpha value is -3.15. The van der Waals surface area contributed by atoms with Crippen LogP contribution in [0, 0.1) is 0 Å². The molecule has 0 radical (unpaired) electrons. The average Bonchev–Trinajstić information content (AvgIpc) is 3.31. The Bertz CT molecular complexity index is 1180. The van der Waals surface area contributed by atoms with E-state index in [1.807, 2.05) is 0 Å². The number of ether oxygens (including phenoxy) is 3. The van der Waals surface area contributed by atoms with Gasteiger partial charge in [0, 0.05) is 19.3 Å². The van der Waals surface area contributed by atoms with E-state index >= 15 is 0 Å². The zero-order valence-electron chi connectivity index (χ0n) is 43.4. The van der Waals surface area contributed by atoms with E-state index in [1.165, 1.54) is 135 Å². The van der Waals surface area contributed by atoms with Crippen LogP contribution in [0.3, 0.4) is 0 Å². The third-order valence-corrected chi connectivity index (χ3v) is 12.0. The van der Waals surface area contributed by atoms with E-state index in [9.17, 15) is 14.4 Å². The fraction of sp³-hybridized carbons (Fsp3) is 0.750. The Morgan fingerprint density at radius 1 is 0.303 bits per heavy atom. The van der Waals surface area contributed by atoms with Crippen molar-refractivity contribution >= 4 is 17.9 Å². The van der Waals surface area contributed by atoms with Gasteiger partial charge in [-0.15, -0.1) is 0 Å². The van der Waals surface area contributed by atoms with Crippen molar-refractivity contribution in [1.82, 2.24) is 0 Å². The van der Waals surface area contributed by atoms with Gasteiger partial charge in [-0.3, -0.25) is 14.4 Å². The summed E-state index contributed by atoms with van der Waals surface area (Å²) in [5.74, 6) is -0.980.